The fourth-order valence-electron chi connectivity index (χ4n) is 3.79. The van der Waals surface area contributed by atoms with Gasteiger partial charge in [-0.2, -0.15) is 0 Å². The van der Waals surface area contributed by atoms with Crippen molar-refractivity contribution in [2.45, 2.75) is 38.1 Å². The Morgan fingerprint density at radius 3 is 2.85 bits per heavy atom. The highest BCUT2D eigenvalue weighted by atomic mass is 32.1. The van der Waals surface area contributed by atoms with Gasteiger partial charge in [-0.15, -0.1) is 0 Å². The van der Waals surface area contributed by atoms with E-state index in [9.17, 15) is 0 Å². The summed E-state index contributed by atoms with van der Waals surface area (Å²) in [5, 5.41) is 0. The lowest BCUT2D eigenvalue weighted by atomic mass is 9.85. The van der Waals surface area contributed by atoms with Gasteiger partial charge in [-0.3, -0.25) is 0 Å². The van der Waals surface area contributed by atoms with Gasteiger partial charge in [-0.05, 0) is 37.3 Å². The van der Waals surface area contributed by atoms with Gasteiger partial charge in [0.25, 0.3) is 0 Å². The van der Waals surface area contributed by atoms with Gasteiger partial charge in [0.1, 0.15) is 10.7 Å². The zero-order valence-corrected chi connectivity index (χ0v) is 12.8. The monoisotopic (exact) mass is 290 g/mol. The van der Waals surface area contributed by atoms with Gasteiger partial charge in [-0.25, -0.2) is 0 Å². The van der Waals surface area contributed by atoms with Crippen molar-refractivity contribution in [2.75, 3.05) is 18.6 Å². The second kappa shape index (κ2) is 5.60. The molecule has 0 spiro atoms. The SMILES string of the molecule is COc1ccc(C(N)=S)c(N2CCC3CCCCC32)c1. The summed E-state index contributed by atoms with van der Waals surface area (Å²) >= 11 is 5.22. The van der Waals surface area contributed by atoms with E-state index in [1.165, 1.54) is 32.1 Å². The first kappa shape index (κ1) is 13.7. The van der Waals surface area contributed by atoms with E-state index >= 15 is 0 Å². The number of hydrogen-bond donors (Lipinski definition) is 1. The van der Waals surface area contributed by atoms with E-state index in [-0.39, 0.29) is 0 Å². The maximum Gasteiger partial charge on any atom is 0.120 e. The third kappa shape index (κ3) is 2.37. The van der Waals surface area contributed by atoms with Crippen LogP contribution in [0.1, 0.15) is 37.7 Å². The van der Waals surface area contributed by atoms with Gasteiger partial charge in [-0.1, -0.05) is 25.1 Å². The number of anilines is 1. The first-order chi connectivity index (χ1) is 9.70. The van der Waals surface area contributed by atoms with Crippen LogP contribution in [0.4, 0.5) is 5.69 Å². The number of benzene rings is 1. The molecule has 2 atom stereocenters. The third-order valence-electron chi connectivity index (χ3n) is 4.79. The molecule has 2 aliphatic rings. The lowest BCUT2D eigenvalue weighted by Crippen LogP contribution is -2.36. The van der Waals surface area contributed by atoms with Crippen molar-refractivity contribution in [3.8, 4) is 5.75 Å². The molecule has 2 fully saturated rings. The Morgan fingerprint density at radius 1 is 1.30 bits per heavy atom. The van der Waals surface area contributed by atoms with E-state index in [1.54, 1.807) is 7.11 Å². The van der Waals surface area contributed by atoms with Crippen LogP contribution in [0.25, 0.3) is 0 Å². The zero-order chi connectivity index (χ0) is 14.1. The molecule has 3 rings (SSSR count). The summed E-state index contributed by atoms with van der Waals surface area (Å²) in [7, 11) is 1.70. The van der Waals surface area contributed by atoms with Crippen molar-refractivity contribution in [3.05, 3.63) is 23.8 Å². The molecular formula is C16H22N2OS. The molecule has 1 saturated heterocycles. The van der Waals surface area contributed by atoms with Crippen LogP contribution in [0.5, 0.6) is 5.75 Å². The molecule has 1 aromatic rings. The van der Waals surface area contributed by atoms with Crippen LogP contribution in [0, 0.1) is 5.92 Å². The van der Waals surface area contributed by atoms with Crippen molar-refractivity contribution in [1.29, 1.82) is 0 Å². The molecule has 0 bridgehead atoms. The average Bonchev–Trinajstić information content (AvgIpc) is 2.90. The van der Waals surface area contributed by atoms with E-state index in [0.717, 1.165) is 29.5 Å². The normalized spacial score (nSPS) is 25.4. The van der Waals surface area contributed by atoms with Crippen LogP contribution in [0.2, 0.25) is 0 Å². The van der Waals surface area contributed by atoms with Crippen LogP contribution in [0.15, 0.2) is 18.2 Å². The molecule has 1 aliphatic carbocycles. The number of nitrogens with two attached hydrogens (primary N) is 1. The summed E-state index contributed by atoms with van der Waals surface area (Å²) < 4.78 is 5.37. The molecule has 1 aliphatic heterocycles. The Bertz CT molecular complexity index is 517. The van der Waals surface area contributed by atoms with E-state index < -0.39 is 0 Å². The first-order valence-corrected chi connectivity index (χ1v) is 7.86. The fourth-order valence-corrected chi connectivity index (χ4v) is 3.96. The smallest absolute Gasteiger partial charge is 0.120 e. The molecule has 20 heavy (non-hydrogen) atoms. The summed E-state index contributed by atoms with van der Waals surface area (Å²) in [6, 6.07) is 6.67. The van der Waals surface area contributed by atoms with Crippen molar-refractivity contribution < 1.29 is 4.74 Å². The number of nitrogens with zero attached hydrogens (tertiary/aromatic N) is 1. The maximum absolute atomic E-state index is 5.91. The molecule has 0 amide bonds. The van der Waals surface area contributed by atoms with Crippen molar-refractivity contribution in [3.63, 3.8) is 0 Å². The van der Waals surface area contributed by atoms with Crippen molar-refractivity contribution in [1.82, 2.24) is 0 Å². The lowest BCUT2D eigenvalue weighted by Gasteiger charge is -2.34. The van der Waals surface area contributed by atoms with E-state index in [1.807, 2.05) is 12.1 Å². The van der Waals surface area contributed by atoms with Gasteiger partial charge in [0.2, 0.25) is 0 Å². The molecule has 2 unspecified atom stereocenters. The minimum absolute atomic E-state index is 0.474. The van der Waals surface area contributed by atoms with Gasteiger partial charge in [0.05, 0.1) is 12.8 Å². The molecule has 108 valence electrons. The first-order valence-electron chi connectivity index (χ1n) is 7.45. The topological polar surface area (TPSA) is 38.5 Å². The summed E-state index contributed by atoms with van der Waals surface area (Å²) in [5.41, 5.74) is 8.04. The van der Waals surface area contributed by atoms with Gasteiger partial charge in [0.15, 0.2) is 0 Å². The van der Waals surface area contributed by atoms with Crippen LogP contribution >= 0.6 is 12.2 Å². The second-order valence-electron chi connectivity index (χ2n) is 5.84. The largest absolute Gasteiger partial charge is 0.497 e. The Kier molecular flexibility index (Phi) is 3.83. The highest BCUT2D eigenvalue weighted by Crippen LogP contribution is 2.40. The van der Waals surface area contributed by atoms with E-state index in [2.05, 4.69) is 11.0 Å². The number of rotatable bonds is 3. The maximum atomic E-state index is 5.91. The Labute approximate surface area is 126 Å². The van der Waals surface area contributed by atoms with Crippen molar-refractivity contribution in [2.24, 2.45) is 11.7 Å². The quantitative estimate of drug-likeness (QED) is 0.868. The van der Waals surface area contributed by atoms with Crippen LogP contribution in [-0.2, 0) is 0 Å². The minimum Gasteiger partial charge on any atom is -0.497 e. The highest BCUT2D eigenvalue weighted by Gasteiger charge is 2.36. The number of hydrogen-bond acceptors (Lipinski definition) is 3. The predicted octanol–water partition coefficient (Wildman–Crippen LogP) is 3.10. The molecule has 0 aromatic heterocycles. The number of methoxy groups -OCH3 is 1. The fraction of sp³-hybridized carbons (Fsp3) is 0.562. The minimum atomic E-state index is 0.474. The van der Waals surface area contributed by atoms with Crippen LogP contribution in [0.3, 0.4) is 0 Å². The highest BCUT2D eigenvalue weighted by molar-refractivity contribution is 7.80. The van der Waals surface area contributed by atoms with Gasteiger partial charge >= 0.3 is 0 Å². The third-order valence-corrected chi connectivity index (χ3v) is 5.01. The van der Waals surface area contributed by atoms with Crippen LogP contribution in [-0.4, -0.2) is 24.7 Å². The van der Waals surface area contributed by atoms with E-state index in [4.69, 9.17) is 22.7 Å². The van der Waals surface area contributed by atoms with E-state index in [0.29, 0.717) is 11.0 Å². The average molecular weight is 290 g/mol. The number of fused-ring (bicyclic) bond motifs is 1. The van der Waals surface area contributed by atoms with Crippen molar-refractivity contribution >= 4 is 22.9 Å². The van der Waals surface area contributed by atoms with Gasteiger partial charge < -0.3 is 15.4 Å². The molecule has 4 heteroatoms. The summed E-state index contributed by atoms with van der Waals surface area (Å²) in [6.07, 6.45) is 6.67. The Balaban J connectivity index is 1.97. The summed E-state index contributed by atoms with van der Waals surface area (Å²) in [6.45, 7) is 1.11. The molecule has 1 heterocycles. The lowest BCUT2D eigenvalue weighted by molar-refractivity contribution is 0.342. The Hall–Kier alpha value is -1.29. The molecule has 1 saturated carbocycles. The molecule has 2 N–H and O–H groups in total. The summed E-state index contributed by atoms with van der Waals surface area (Å²) in [4.78, 5) is 2.99. The molecule has 0 radical (unpaired) electrons. The molecular weight excluding hydrogens is 268 g/mol. The number of ether oxygens (including phenoxy) is 1. The summed E-state index contributed by atoms with van der Waals surface area (Å²) in [5.74, 6) is 1.72. The zero-order valence-electron chi connectivity index (χ0n) is 12.0. The van der Waals surface area contributed by atoms with Gasteiger partial charge in [0, 0.05) is 24.2 Å². The second-order valence-corrected chi connectivity index (χ2v) is 6.28. The van der Waals surface area contributed by atoms with Crippen LogP contribution < -0.4 is 15.4 Å². The molecule has 3 nitrogen and oxygen atoms in total. The number of thiocarbonyl (C=S) groups is 1. The molecule has 1 aromatic carbocycles. The standard InChI is InChI=1S/C16H22N2OS/c1-19-12-6-7-13(16(17)20)15(10-12)18-9-8-11-4-2-3-5-14(11)18/h6-7,10-11,14H,2-5,8-9H2,1H3,(H2,17,20). The predicted molar refractivity (Wildman–Crippen MR) is 86.6 cm³/mol. The Morgan fingerprint density at radius 2 is 2.10 bits per heavy atom.